The van der Waals surface area contributed by atoms with Gasteiger partial charge in [-0.05, 0) is 18.5 Å². The molecule has 0 aliphatic rings. The van der Waals surface area contributed by atoms with E-state index in [-0.39, 0.29) is 30.9 Å². The van der Waals surface area contributed by atoms with Crippen molar-refractivity contribution in [3.63, 3.8) is 0 Å². The molecule has 0 aliphatic carbocycles. The van der Waals surface area contributed by atoms with Gasteiger partial charge in [0.1, 0.15) is 0 Å². The number of ether oxygens (including phenoxy) is 1. The second-order valence-electron chi connectivity index (χ2n) is 3.45. The van der Waals surface area contributed by atoms with Crippen LogP contribution in [0.15, 0.2) is 17.5 Å². The number of methoxy groups -OCH3 is 1. The van der Waals surface area contributed by atoms with Crippen LogP contribution in [0.3, 0.4) is 0 Å². The van der Waals surface area contributed by atoms with Crippen molar-refractivity contribution < 1.29 is 14.3 Å². The molecular weight excluding hydrogens is 240 g/mol. The first-order valence-corrected chi connectivity index (χ1v) is 6.09. The van der Waals surface area contributed by atoms with Gasteiger partial charge in [0.2, 0.25) is 5.91 Å². The standard InChI is InChI=1S/C11H16N2O3S/c1-12-7-10(14)13-8(6-11(15)16-2)9-4-3-5-17-9/h3-5,8,12H,6-7H2,1-2H3,(H,13,14). The summed E-state index contributed by atoms with van der Waals surface area (Å²) in [5.74, 6) is -0.483. The molecule has 0 aromatic carbocycles. The van der Waals surface area contributed by atoms with Crippen LogP contribution in [0.2, 0.25) is 0 Å². The van der Waals surface area contributed by atoms with Crippen molar-refractivity contribution in [3.05, 3.63) is 22.4 Å². The number of rotatable bonds is 6. The molecule has 17 heavy (non-hydrogen) atoms. The Hall–Kier alpha value is -1.40. The van der Waals surface area contributed by atoms with Crippen LogP contribution in [0.25, 0.3) is 0 Å². The zero-order valence-electron chi connectivity index (χ0n) is 9.86. The van der Waals surface area contributed by atoms with Crippen molar-refractivity contribution in [2.75, 3.05) is 20.7 Å². The van der Waals surface area contributed by atoms with E-state index in [1.54, 1.807) is 7.05 Å². The van der Waals surface area contributed by atoms with Gasteiger partial charge >= 0.3 is 5.97 Å². The fourth-order valence-electron chi connectivity index (χ4n) is 1.37. The van der Waals surface area contributed by atoms with Crippen LogP contribution in [-0.2, 0) is 14.3 Å². The third-order valence-electron chi connectivity index (χ3n) is 2.16. The molecule has 1 heterocycles. The van der Waals surface area contributed by atoms with Gasteiger partial charge in [-0.2, -0.15) is 0 Å². The molecule has 0 fully saturated rings. The van der Waals surface area contributed by atoms with E-state index in [1.165, 1.54) is 18.4 Å². The molecule has 5 nitrogen and oxygen atoms in total. The number of esters is 1. The molecule has 0 bridgehead atoms. The number of hydrogen-bond donors (Lipinski definition) is 2. The minimum Gasteiger partial charge on any atom is -0.469 e. The minimum atomic E-state index is -0.340. The van der Waals surface area contributed by atoms with Crippen molar-refractivity contribution in [1.82, 2.24) is 10.6 Å². The quantitative estimate of drug-likeness (QED) is 0.735. The molecule has 0 spiro atoms. The van der Waals surface area contributed by atoms with E-state index in [1.807, 2.05) is 17.5 Å². The van der Waals surface area contributed by atoms with Gasteiger partial charge in [-0.25, -0.2) is 0 Å². The highest BCUT2D eigenvalue weighted by Crippen LogP contribution is 2.22. The lowest BCUT2D eigenvalue weighted by molar-refractivity contribution is -0.141. The predicted molar refractivity (Wildman–Crippen MR) is 65.8 cm³/mol. The second-order valence-corrected chi connectivity index (χ2v) is 4.43. The maximum Gasteiger partial charge on any atom is 0.307 e. The molecule has 1 aromatic heterocycles. The SMILES string of the molecule is CNCC(=O)NC(CC(=O)OC)c1cccs1. The average molecular weight is 256 g/mol. The molecule has 1 unspecified atom stereocenters. The highest BCUT2D eigenvalue weighted by atomic mass is 32.1. The molecule has 0 saturated carbocycles. The van der Waals surface area contributed by atoms with Crippen LogP contribution in [0.4, 0.5) is 0 Å². The minimum absolute atomic E-state index is 0.144. The first kappa shape index (κ1) is 13.7. The van der Waals surface area contributed by atoms with E-state index in [0.717, 1.165) is 4.88 Å². The van der Waals surface area contributed by atoms with E-state index < -0.39 is 0 Å². The molecule has 0 aliphatic heterocycles. The smallest absolute Gasteiger partial charge is 0.307 e. The lowest BCUT2D eigenvalue weighted by Gasteiger charge is -2.16. The number of nitrogens with one attached hydrogen (secondary N) is 2. The van der Waals surface area contributed by atoms with Crippen molar-refractivity contribution >= 4 is 23.2 Å². The third kappa shape index (κ3) is 4.54. The number of amides is 1. The number of hydrogen-bond acceptors (Lipinski definition) is 5. The summed E-state index contributed by atoms with van der Waals surface area (Å²) in [5, 5.41) is 7.46. The van der Waals surface area contributed by atoms with Crippen molar-refractivity contribution in [3.8, 4) is 0 Å². The summed E-state index contributed by atoms with van der Waals surface area (Å²) < 4.78 is 4.62. The fraction of sp³-hybridized carbons (Fsp3) is 0.455. The number of carbonyl (C=O) groups is 2. The summed E-state index contributed by atoms with van der Waals surface area (Å²) in [4.78, 5) is 23.7. The van der Waals surface area contributed by atoms with Gasteiger partial charge in [0.15, 0.2) is 0 Å². The van der Waals surface area contributed by atoms with Gasteiger partial charge < -0.3 is 15.4 Å². The predicted octanol–water partition coefficient (Wildman–Crippen LogP) is 0.688. The Morgan fingerprint density at radius 3 is 2.82 bits per heavy atom. The monoisotopic (exact) mass is 256 g/mol. The Morgan fingerprint density at radius 2 is 2.29 bits per heavy atom. The van der Waals surface area contributed by atoms with Crippen molar-refractivity contribution in [2.24, 2.45) is 0 Å². The van der Waals surface area contributed by atoms with Gasteiger partial charge in [0, 0.05) is 4.88 Å². The van der Waals surface area contributed by atoms with Crippen LogP contribution < -0.4 is 10.6 Å². The Bertz CT molecular complexity index is 365. The summed E-state index contributed by atoms with van der Waals surface area (Å²) in [6.07, 6.45) is 0.145. The summed E-state index contributed by atoms with van der Waals surface area (Å²) in [6.45, 7) is 0.225. The van der Waals surface area contributed by atoms with Crippen LogP contribution in [-0.4, -0.2) is 32.6 Å². The van der Waals surface area contributed by atoms with Crippen LogP contribution in [0, 0.1) is 0 Å². The molecule has 1 aromatic rings. The first-order valence-electron chi connectivity index (χ1n) is 5.21. The molecule has 94 valence electrons. The Labute approximate surface area is 104 Å². The fourth-order valence-corrected chi connectivity index (χ4v) is 2.15. The molecule has 0 saturated heterocycles. The highest BCUT2D eigenvalue weighted by Gasteiger charge is 2.19. The van der Waals surface area contributed by atoms with E-state index in [9.17, 15) is 9.59 Å². The summed E-state index contributed by atoms with van der Waals surface area (Å²) >= 11 is 1.50. The van der Waals surface area contributed by atoms with E-state index in [2.05, 4.69) is 15.4 Å². The molecule has 2 N–H and O–H groups in total. The molecule has 1 atom stereocenters. The average Bonchev–Trinajstić information content (AvgIpc) is 2.81. The Kier molecular flexibility index (Phi) is 5.65. The first-order chi connectivity index (χ1) is 8.17. The van der Waals surface area contributed by atoms with Gasteiger partial charge in [-0.15, -0.1) is 11.3 Å². The zero-order valence-corrected chi connectivity index (χ0v) is 10.7. The van der Waals surface area contributed by atoms with Gasteiger partial charge in [0.05, 0.1) is 26.1 Å². The van der Waals surface area contributed by atoms with Gasteiger partial charge in [-0.1, -0.05) is 6.07 Å². The van der Waals surface area contributed by atoms with Crippen LogP contribution >= 0.6 is 11.3 Å². The van der Waals surface area contributed by atoms with Gasteiger partial charge in [0.25, 0.3) is 0 Å². The molecule has 1 rings (SSSR count). The number of likely N-dealkylation sites (N-methyl/N-ethyl adjacent to an activating group) is 1. The van der Waals surface area contributed by atoms with Crippen molar-refractivity contribution in [2.45, 2.75) is 12.5 Å². The zero-order chi connectivity index (χ0) is 12.7. The van der Waals surface area contributed by atoms with Crippen LogP contribution in [0.1, 0.15) is 17.3 Å². The number of thiophene rings is 1. The maximum absolute atomic E-state index is 11.5. The van der Waals surface area contributed by atoms with E-state index in [0.29, 0.717) is 0 Å². The highest BCUT2D eigenvalue weighted by molar-refractivity contribution is 7.10. The lowest BCUT2D eigenvalue weighted by atomic mass is 10.1. The Balaban J connectivity index is 2.66. The lowest BCUT2D eigenvalue weighted by Crippen LogP contribution is -2.35. The largest absolute Gasteiger partial charge is 0.469 e. The van der Waals surface area contributed by atoms with Crippen LogP contribution in [0.5, 0.6) is 0 Å². The summed E-state index contributed by atoms with van der Waals surface area (Å²) in [7, 11) is 3.03. The Morgan fingerprint density at radius 1 is 1.53 bits per heavy atom. The molecule has 6 heteroatoms. The molecule has 1 amide bonds. The summed E-state index contributed by atoms with van der Waals surface area (Å²) in [6, 6.07) is 3.45. The molecule has 0 radical (unpaired) electrons. The van der Waals surface area contributed by atoms with E-state index in [4.69, 9.17) is 0 Å². The topological polar surface area (TPSA) is 67.4 Å². The maximum atomic E-state index is 11.5. The normalized spacial score (nSPS) is 11.9. The summed E-state index contributed by atoms with van der Waals surface area (Å²) in [5.41, 5.74) is 0. The second kappa shape index (κ2) is 7.03. The van der Waals surface area contributed by atoms with E-state index >= 15 is 0 Å². The number of carbonyl (C=O) groups excluding carboxylic acids is 2. The van der Waals surface area contributed by atoms with Crippen molar-refractivity contribution in [1.29, 1.82) is 0 Å². The third-order valence-corrected chi connectivity index (χ3v) is 3.14. The van der Waals surface area contributed by atoms with Gasteiger partial charge in [-0.3, -0.25) is 9.59 Å². The molecular formula is C11H16N2O3S.